The molecule has 0 spiro atoms. The fraction of sp³-hybridized carbons (Fsp3) is 0.923. The Balaban J connectivity index is 2.64. The third kappa shape index (κ3) is 2.18. The molecule has 1 unspecified atom stereocenters. The molecule has 0 aromatic heterocycles. The maximum atomic E-state index is 12.3. The van der Waals surface area contributed by atoms with Gasteiger partial charge in [0.2, 0.25) is 0 Å². The van der Waals surface area contributed by atoms with E-state index in [9.17, 15) is 4.79 Å². The molecule has 0 radical (unpaired) electrons. The molecule has 0 aromatic carbocycles. The minimum Gasteiger partial charge on any atom is -0.299 e. The van der Waals surface area contributed by atoms with E-state index < -0.39 is 0 Å². The summed E-state index contributed by atoms with van der Waals surface area (Å²) >= 11 is 0. The lowest BCUT2D eigenvalue weighted by molar-refractivity contribution is -0.132. The SMILES string of the molecule is CCCC(C)C(=O)C1(CC)CCCC1. The number of hydrogen-bond donors (Lipinski definition) is 0. The Hall–Kier alpha value is -0.330. The van der Waals surface area contributed by atoms with E-state index >= 15 is 0 Å². The molecular weight excluding hydrogens is 172 g/mol. The molecule has 0 bridgehead atoms. The van der Waals surface area contributed by atoms with Crippen molar-refractivity contribution in [3.05, 3.63) is 0 Å². The summed E-state index contributed by atoms with van der Waals surface area (Å²) in [4.78, 5) is 12.3. The highest BCUT2D eigenvalue weighted by Crippen LogP contribution is 2.43. The van der Waals surface area contributed by atoms with Crippen LogP contribution in [0.2, 0.25) is 0 Å². The molecule has 14 heavy (non-hydrogen) atoms. The summed E-state index contributed by atoms with van der Waals surface area (Å²) in [6.45, 7) is 6.46. The Bertz CT molecular complexity index is 189. The number of rotatable bonds is 5. The second-order valence-electron chi connectivity index (χ2n) is 4.89. The molecule has 1 heteroatoms. The van der Waals surface area contributed by atoms with E-state index in [1.54, 1.807) is 0 Å². The van der Waals surface area contributed by atoms with E-state index in [1.807, 2.05) is 0 Å². The van der Waals surface area contributed by atoms with Crippen LogP contribution in [0.5, 0.6) is 0 Å². The van der Waals surface area contributed by atoms with E-state index in [-0.39, 0.29) is 11.3 Å². The smallest absolute Gasteiger partial charge is 0.141 e. The predicted octanol–water partition coefficient (Wildman–Crippen LogP) is 3.96. The van der Waals surface area contributed by atoms with E-state index in [0.29, 0.717) is 5.78 Å². The van der Waals surface area contributed by atoms with Crippen LogP contribution < -0.4 is 0 Å². The van der Waals surface area contributed by atoms with Crippen LogP contribution >= 0.6 is 0 Å². The summed E-state index contributed by atoms with van der Waals surface area (Å²) in [7, 11) is 0. The molecule has 0 amide bonds. The molecule has 0 heterocycles. The van der Waals surface area contributed by atoms with Gasteiger partial charge < -0.3 is 0 Å². The van der Waals surface area contributed by atoms with Crippen molar-refractivity contribution >= 4 is 5.78 Å². The van der Waals surface area contributed by atoms with Gasteiger partial charge in [-0.2, -0.15) is 0 Å². The van der Waals surface area contributed by atoms with Crippen LogP contribution in [-0.2, 0) is 4.79 Å². The van der Waals surface area contributed by atoms with E-state index in [2.05, 4.69) is 20.8 Å². The highest BCUT2D eigenvalue weighted by Gasteiger charge is 2.40. The maximum absolute atomic E-state index is 12.3. The normalized spacial score (nSPS) is 22.2. The van der Waals surface area contributed by atoms with Gasteiger partial charge >= 0.3 is 0 Å². The predicted molar refractivity (Wildman–Crippen MR) is 60.3 cm³/mol. The molecule has 1 saturated carbocycles. The molecule has 82 valence electrons. The molecule has 1 aliphatic rings. The second-order valence-corrected chi connectivity index (χ2v) is 4.89. The average molecular weight is 196 g/mol. The summed E-state index contributed by atoms with van der Waals surface area (Å²) in [5.41, 5.74) is 0.0780. The van der Waals surface area contributed by atoms with Crippen molar-refractivity contribution in [3.63, 3.8) is 0 Å². The molecule has 1 aliphatic carbocycles. The molecule has 1 fully saturated rings. The van der Waals surface area contributed by atoms with Gasteiger partial charge in [-0.15, -0.1) is 0 Å². The molecular formula is C13H24O. The average Bonchev–Trinajstić information content (AvgIpc) is 2.66. The van der Waals surface area contributed by atoms with Gasteiger partial charge in [-0.1, -0.05) is 40.0 Å². The van der Waals surface area contributed by atoms with Crippen LogP contribution in [-0.4, -0.2) is 5.78 Å². The van der Waals surface area contributed by atoms with Crippen LogP contribution in [0.15, 0.2) is 0 Å². The van der Waals surface area contributed by atoms with E-state index in [1.165, 1.54) is 12.8 Å². The molecule has 1 rings (SSSR count). The highest BCUT2D eigenvalue weighted by molar-refractivity contribution is 5.86. The largest absolute Gasteiger partial charge is 0.299 e. The third-order valence-electron chi connectivity index (χ3n) is 3.93. The second kappa shape index (κ2) is 4.95. The Kier molecular flexibility index (Phi) is 4.15. The van der Waals surface area contributed by atoms with Crippen LogP contribution in [0, 0.1) is 11.3 Å². The number of Topliss-reactive ketones (excluding diaryl/α,β-unsaturated/α-hetero) is 1. The lowest BCUT2D eigenvalue weighted by Gasteiger charge is -2.28. The Morgan fingerprint density at radius 3 is 2.29 bits per heavy atom. The summed E-state index contributed by atoms with van der Waals surface area (Å²) in [5, 5.41) is 0. The van der Waals surface area contributed by atoms with Gasteiger partial charge in [0.05, 0.1) is 0 Å². The molecule has 1 atom stereocenters. The minimum absolute atomic E-state index is 0.0780. The zero-order valence-electron chi connectivity index (χ0n) is 9.94. The lowest BCUT2D eigenvalue weighted by Crippen LogP contribution is -2.32. The van der Waals surface area contributed by atoms with Gasteiger partial charge in [0.15, 0.2) is 0 Å². The third-order valence-corrected chi connectivity index (χ3v) is 3.93. The summed E-state index contributed by atoms with van der Waals surface area (Å²) in [5.74, 6) is 0.845. The van der Waals surface area contributed by atoms with Crippen molar-refractivity contribution in [2.75, 3.05) is 0 Å². The van der Waals surface area contributed by atoms with Crippen molar-refractivity contribution in [2.24, 2.45) is 11.3 Å². The topological polar surface area (TPSA) is 17.1 Å². The Morgan fingerprint density at radius 1 is 1.29 bits per heavy atom. The summed E-state index contributed by atoms with van der Waals surface area (Å²) < 4.78 is 0. The summed E-state index contributed by atoms with van der Waals surface area (Å²) in [6.07, 6.45) is 8.08. The fourth-order valence-corrected chi connectivity index (χ4v) is 2.91. The van der Waals surface area contributed by atoms with E-state index in [4.69, 9.17) is 0 Å². The van der Waals surface area contributed by atoms with Gasteiger partial charge in [0.25, 0.3) is 0 Å². The summed E-state index contributed by atoms with van der Waals surface area (Å²) in [6, 6.07) is 0. The first kappa shape index (κ1) is 11.7. The van der Waals surface area contributed by atoms with E-state index in [0.717, 1.165) is 32.1 Å². The van der Waals surface area contributed by atoms with Crippen molar-refractivity contribution in [1.29, 1.82) is 0 Å². The van der Waals surface area contributed by atoms with Crippen molar-refractivity contribution < 1.29 is 4.79 Å². The first-order valence-corrected chi connectivity index (χ1v) is 6.20. The minimum atomic E-state index is 0.0780. The Labute approximate surface area is 88.3 Å². The monoisotopic (exact) mass is 196 g/mol. The van der Waals surface area contributed by atoms with Gasteiger partial charge in [-0.05, 0) is 25.7 Å². The van der Waals surface area contributed by atoms with Crippen molar-refractivity contribution in [1.82, 2.24) is 0 Å². The van der Waals surface area contributed by atoms with Crippen LogP contribution in [0.3, 0.4) is 0 Å². The molecule has 1 nitrogen and oxygen atoms in total. The lowest BCUT2D eigenvalue weighted by atomic mass is 9.74. The zero-order chi connectivity index (χ0) is 10.6. The first-order chi connectivity index (χ1) is 6.66. The number of hydrogen-bond acceptors (Lipinski definition) is 1. The molecule has 0 saturated heterocycles. The van der Waals surface area contributed by atoms with Gasteiger partial charge in [0, 0.05) is 11.3 Å². The van der Waals surface area contributed by atoms with Gasteiger partial charge in [0.1, 0.15) is 5.78 Å². The highest BCUT2D eigenvalue weighted by atomic mass is 16.1. The van der Waals surface area contributed by atoms with Crippen molar-refractivity contribution in [2.45, 2.75) is 65.7 Å². The Morgan fingerprint density at radius 2 is 1.86 bits per heavy atom. The molecule has 0 aliphatic heterocycles. The number of carbonyl (C=O) groups excluding carboxylic acids is 1. The maximum Gasteiger partial charge on any atom is 0.141 e. The number of ketones is 1. The van der Waals surface area contributed by atoms with Crippen LogP contribution in [0.4, 0.5) is 0 Å². The van der Waals surface area contributed by atoms with Gasteiger partial charge in [-0.25, -0.2) is 0 Å². The first-order valence-electron chi connectivity index (χ1n) is 6.20. The van der Waals surface area contributed by atoms with Crippen molar-refractivity contribution in [3.8, 4) is 0 Å². The fourth-order valence-electron chi connectivity index (χ4n) is 2.91. The van der Waals surface area contributed by atoms with Gasteiger partial charge in [-0.3, -0.25) is 4.79 Å². The standard InChI is InChI=1S/C13H24O/c1-4-8-11(3)12(14)13(5-2)9-6-7-10-13/h11H,4-10H2,1-3H3. The quantitative estimate of drug-likeness (QED) is 0.650. The molecule has 0 aromatic rings. The number of carbonyl (C=O) groups is 1. The van der Waals surface area contributed by atoms with Crippen LogP contribution in [0.1, 0.15) is 65.7 Å². The zero-order valence-corrected chi connectivity index (χ0v) is 9.94. The van der Waals surface area contributed by atoms with Crippen LogP contribution in [0.25, 0.3) is 0 Å². The molecule has 0 N–H and O–H groups in total.